The molecule has 1 heterocycles. The lowest BCUT2D eigenvalue weighted by Gasteiger charge is -2.14. The van der Waals surface area contributed by atoms with Gasteiger partial charge in [0.05, 0.1) is 33.0 Å². The van der Waals surface area contributed by atoms with Crippen LogP contribution in [0.1, 0.15) is 6.42 Å². The average molecular weight is 232 g/mol. The fourth-order valence-corrected chi connectivity index (χ4v) is 1.72. The molecular weight excluding hydrogens is 208 g/mol. The Morgan fingerprint density at radius 3 is 2.44 bits per heavy atom. The monoisotopic (exact) mass is 232 g/mol. The molecule has 96 valence electrons. The van der Waals surface area contributed by atoms with E-state index in [9.17, 15) is 0 Å². The lowest BCUT2D eigenvalue weighted by atomic mass is 10.3. The molecule has 5 nitrogen and oxygen atoms in total. The molecule has 0 amide bonds. The van der Waals surface area contributed by atoms with E-state index in [-0.39, 0.29) is 0 Å². The fourth-order valence-electron chi connectivity index (χ4n) is 1.72. The number of nitrogens with two attached hydrogens (primary N) is 1. The third-order valence-corrected chi connectivity index (χ3v) is 2.66. The van der Waals surface area contributed by atoms with Gasteiger partial charge in [-0.2, -0.15) is 0 Å². The predicted molar refractivity (Wildman–Crippen MR) is 62.5 cm³/mol. The lowest BCUT2D eigenvalue weighted by molar-refractivity contribution is 0.0207. The molecule has 0 aromatic rings. The highest BCUT2D eigenvalue weighted by Gasteiger charge is 2.17. The second-order valence-corrected chi connectivity index (χ2v) is 4.07. The molecule has 5 heteroatoms. The second kappa shape index (κ2) is 8.90. The highest BCUT2D eigenvalue weighted by Crippen LogP contribution is 2.05. The Morgan fingerprint density at radius 2 is 1.81 bits per heavy atom. The van der Waals surface area contributed by atoms with E-state index in [4.69, 9.17) is 19.9 Å². The third kappa shape index (κ3) is 6.40. The Labute approximate surface area is 97.8 Å². The van der Waals surface area contributed by atoms with Gasteiger partial charge in [-0.25, -0.2) is 0 Å². The Hall–Kier alpha value is -0.200. The van der Waals surface area contributed by atoms with Crippen LogP contribution in [0.2, 0.25) is 0 Å². The smallest absolute Gasteiger partial charge is 0.0701 e. The van der Waals surface area contributed by atoms with Crippen LogP contribution in [0.4, 0.5) is 0 Å². The summed E-state index contributed by atoms with van der Waals surface area (Å²) in [5.41, 5.74) is 5.81. The predicted octanol–water partition coefficient (Wildman–Crippen LogP) is -0.301. The number of hydrogen-bond donors (Lipinski definition) is 1. The van der Waals surface area contributed by atoms with Crippen molar-refractivity contribution in [1.29, 1.82) is 0 Å². The minimum Gasteiger partial charge on any atom is -0.382 e. The molecule has 1 aliphatic heterocycles. The van der Waals surface area contributed by atoms with Crippen LogP contribution < -0.4 is 5.73 Å². The van der Waals surface area contributed by atoms with Gasteiger partial charge >= 0.3 is 0 Å². The van der Waals surface area contributed by atoms with Gasteiger partial charge in [0.1, 0.15) is 0 Å². The molecule has 0 saturated carbocycles. The van der Waals surface area contributed by atoms with Crippen molar-refractivity contribution < 1.29 is 14.2 Å². The first-order valence-electron chi connectivity index (χ1n) is 5.95. The molecule has 16 heavy (non-hydrogen) atoms. The summed E-state index contributed by atoms with van der Waals surface area (Å²) in [6.07, 6.45) is 1.11. The quantitative estimate of drug-likeness (QED) is 0.553. The maximum absolute atomic E-state index is 5.81. The SMILES string of the molecule is COCCOCCOCCN1CCC(N)C1. The minimum atomic E-state index is 0.359. The number of hydrogen-bond acceptors (Lipinski definition) is 5. The van der Waals surface area contributed by atoms with Gasteiger partial charge in [0.15, 0.2) is 0 Å². The number of nitrogens with zero attached hydrogens (tertiary/aromatic N) is 1. The van der Waals surface area contributed by atoms with E-state index in [0.29, 0.717) is 32.5 Å². The van der Waals surface area contributed by atoms with E-state index < -0.39 is 0 Å². The van der Waals surface area contributed by atoms with E-state index in [1.54, 1.807) is 7.11 Å². The van der Waals surface area contributed by atoms with Gasteiger partial charge in [0, 0.05) is 26.2 Å². The van der Waals surface area contributed by atoms with Gasteiger partial charge in [-0.05, 0) is 13.0 Å². The van der Waals surface area contributed by atoms with Crippen molar-refractivity contribution in [2.24, 2.45) is 5.73 Å². The Balaban J connectivity index is 1.78. The molecule has 0 bridgehead atoms. The molecule has 1 aliphatic rings. The van der Waals surface area contributed by atoms with E-state index in [2.05, 4.69) is 4.90 Å². The topological polar surface area (TPSA) is 57.0 Å². The van der Waals surface area contributed by atoms with Crippen LogP contribution >= 0.6 is 0 Å². The molecule has 0 aromatic carbocycles. The zero-order valence-electron chi connectivity index (χ0n) is 10.2. The van der Waals surface area contributed by atoms with Gasteiger partial charge in [-0.1, -0.05) is 0 Å². The molecule has 1 fully saturated rings. The number of likely N-dealkylation sites (tertiary alicyclic amines) is 1. The van der Waals surface area contributed by atoms with Crippen molar-refractivity contribution >= 4 is 0 Å². The fraction of sp³-hybridized carbons (Fsp3) is 1.00. The van der Waals surface area contributed by atoms with Crippen molar-refractivity contribution in [3.63, 3.8) is 0 Å². The van der Waals surface area contributed by atoms with Crippen molar-refractivity contribution in [2.45, 2.75) is 12.5 Å². The summed E-state index contributed by atoms with van der Waals surface area (Å²) in [5, 5.41) is 0. The first-order valence-corrected chi connectivity index (χ1v) is 5.95. The molecule has 1 unspecified atom stereocenters. The Morgan fingerprint density at radius 1 is 1.12 bits per heavy atom. The molecule has 1 saturated heterocycles. The molecule has 2 N–H and O–H groups in total. The highest BCUT2D eigenvalue weighted by atomic mass is 16.5. The zero-order chi connectivity index (χ0) is 11.6. The van der Waals surface area contributed by atoms with Crippen molar-refractivity contribution in [1.82, 2.24) is 4.90 Å². The van der Waals surface area contributed by atoms with Crippen LogP contribution in [-0.4, -0.2) is 70.7 Å². The summed E-state index contributed by atoms with van der Waals surface area (Å²) in [4.78, 5) is 2.34. The van der Waals surface area contributed by atoms with Crippen molar-refractivity contribution in [2.75, 3.05) is 59.8 Å². The van der Waals surface area contributed by atoms with E-state index in [1.807, 2.05) is 0 Å². The summed E-state index contributed by atoms with van der Waals surface area (Å²) in [6, 6.07) is 0.359. The molecular formula is C11H24N2O3. The standard InChI is InChI=1S/C11H24N2O3/c1-14-6-7-16-9-8-15-5-4-13-3-2-11(12)10-13/h11H,2-10,12H2,1H3. The molecule has 1 atom stereocenters. The number of methoxy groups -OCH3 is 1. The van der Waals surface area contributed by atoms with Crippen LogP contribution in [0.3, 0.4) is 0 Å². The summed E-state index contributed by atoms with van der Waals surface area (Å²) in [5.74, 6) is 0. The molecule has 1 rings (SSSR count). The summed E-state index contributed by atoms with van der Waals surface area (Å²) in [6.45, 7) is 6.44. The minimum absolute atomic E-state index is 0.359. The van der Waals surface area contributed by atoms with Gasteiger partial charge in [-0.3, -0.25) is 4.90 Å². The van der Waals surface area contributed by atoms with Crippen LogP contribution in [0, 0.1) is 0 Å². The largest absolute Gasteiger partial charge is 0.382 e. The van der Waals surface area contributed by atoms with Crippen LogP contribution in [0.15, 0.2) is 0 Å². The van der Waals surface area contributed by atoms with E-state index in [1.165, 1.54) is 0 Å². The first-order chi connectivity index (χ1) is 7.83. The Kier molecular flexibility index (Phi) is 7.71. The van der Waals surface area contributed by atoms with E-state index >= 15 is 0 Å². The first kappa shape index (κ1) is 13.9. The molecule has 0 spiro atoms. The van der Waals surface area contributed by atoms with Crippen molar-refractivity contribution in [3.05, 3.63) is 0 Å². The average Bonchev–Trinajstić information content (AvgIpc) is 2.68. The second-order valence-electron chi connectivity index (χ2n) is 4.07. The number of rotatable bonds is 9. The number of ether oxygens (including phenoxy) is 3. The summed E-state index contributed by atoms with van der Waals surface area (Å²) < 4.78 is 15.6. The van der Waals surface area contributed by atoms with Gasteiger partial charge < -0.3 is 19.9 Å². The maximum Gasteiger partial charge on any atom is 0.0701 e. The third-order valence-electron chi connectivity index (χ3n) is 2.66. The summed E-state index contributed by atoms with van der Waals surface area (Å²) >= 11 is 0. The molecule has 0 aliphatic carbocycles. The van der Waals surface area contributed by atoms with Crippen LogP contribution in [-0.2, 0) is 14.2 Å². The van der Waals surface area contributed by atoms with Gasteiger partial charge in [0.25, 0.3) is 0 Å². The van der Waals surface area contributed by atoms with Crippen molar-refractivity contribution in [3.8, 4) is 0 Å². The van der Waals surface area contributed by atoms with Crippen LogP contribution in [0.5, 0.6) is 0 Å². The van der Waals surface area contributed by atoms with Gasteiger partial charge in [-0.15, -0.1) is 0 Å². The Bertz CT molecular complexity index is 169. The molecule has 0 radical (unpaired) electrons. The maximum atomic E-state index is 5.81. The van der Waals surface area contributed by atoms with E-state index in [0.717, 1.165) is 32.7 Å². The normalized spacial score (nSPS) is 21.8. The van der Waals surface area contributed by atoms with Crippen LogP contribution in [0.25, 0.3) is 0 Å². The summed E-state index contributed by atoms with van der Waals surface area (Å²) in [7, 11) is 1.67. The highest BCUT2D eigenvalue weighted by molar-refractivity contribution is 4.77. The van der Waals surface area contributed by atoms with Gasteiger partial charge in [0.2, 0.25) is 0 Å². The lowest BCUT2D eigenvalue weighted by Crippen LogP contribution is -2.29. The zero-order valence-corrected chi connectivity index (χ0v) is 10.2. The molecule has 0 aromatic heterocycles.